The smallest absolute Gasteiger partial charge is 0.227 e. The van der Waals surface area contributed by atoms with Crippen LogP contribution in [-0.4, -0.2) is 22.6 Å². The summed E-state index contributed by atoms with van der Waals surface area (Å²) in [5, 5.41) is 3.38. The summed E-state index contributed by atoms with van der Waals surface area (Å²) in [6, 6.07) is 12.7. The monoisotopic (exact) mass is 296 g/mol. The van der Waals surface area contributed by atoms with Gasteiger partial charge in [-0.15, -0.1) is 0 Å². The standard InChI is InChI=1S/C18H24N4/c1-3-16-11-7-8-12-22(16)18-19-14(2)13-17(21-18)20-15-9-5-4-6-10-15/h4-6,9-10,13,16H,3,7-8,11-12H2,1-2H3,(H,19,20,21). The SMILES string of the molecule is CCC1CCCCN1c1nc(C)cc(Nc2ccccc2)n1. The Hall–Kier alpha value is -2.10. The fourth-order valence-corrected chi connectivity index (χ4v) is 3.10. The number of hydrogen-bond donors (Lipinski definition) is 1. The number of nitrogens with zero attached hydrogens (tertiary/aromatic N) is 3. The molecule has 2 aromatic rings. The van der Waals surface area contributed by atoms with Gasteiger partial charge in [0, 0.05) is 30.0 Å². The van der Waals surface area contributed by atoms with Crippen molar-refractivity contribution in [2.75, 3.05) is 16.8 Å². The Morgan fingerprint density at radius 2 is 2.00 bits per heavy atom. The van der Waals surface area contributed by atoms with Gasteiger partial charge in [0.2, 0.25) is 5.95 Å². The second-order valence-electron chi connectivity index (χ2n) is 5.94. The summed E-state index contributed by atoms with van der Waals surface area (Å²) >= 11 is 0. The Morgan fingerprint density at radius 1 is 1.18 bits per heavy atom. The Balaban J connectivity index is 1.86. The molecule has 1 aromatic carbocycles. The third kappa shape index (κ3) is 3.38. The summed E-state index contributed by atoms with van der Waals surface area (Å²) in [5.41, 5.74) is 2.06. The van der Waals surface area contributed by atoms with E-state index in [-0.39, 0.29) is 0 Å². The van der Waals surface area contributed by atoms with Crippen LogP contribution in [0.5, 0.6) is 0 Å². The van der Waals surface area contributed by atoms with E-state index >= 15 is 0 Å². The lowest BCUT2D eigenvalue weighted by atomic mass is 10.0. The first-order chi connectivity index (χ1) is 10.8. The number of benzene rings is 1. The summed E-state index contributed by atoms with van der Waals surface area (Å²) in [6.45, 7) is 5.35. The molecule has 2 heterocycles. The molecule has 1 saturated heterocycles. The van der Waals surface area contributed by atoms with Crippen molar-refractivity contribution in [1.82, 2.24) is 9.97 Å². The summed E-state index contributed by atoms with van der Waals surface area (Å²) in [6.07, 6.45) is 4.94. The van der Waals surface area contributed by atoms with E-state index in [2.05, 4.69) is 22.1 Å². The fraction of sp³-hybridized carbons (Fsp3) is 0.444. The van der Waals surface area contributed by atoms with Crippen molar-refractivity contribution in [2.24, 2.45) is 0 Å². The normalized spacial score (nSPS) is 18.3. The second kappa shape index (κ2) is 6.77. The van der Waals surface area contributed by atoms with Crippen LogP contribution in [0.25, 0.3) is 0 Å². The van der Waals surface area contributed by atoms with Gasteiger partial charge in [0.25, 0.3) is 0 Å². The van der Waals surface area contributed by atoms with E-state index in [9.17, 15) is 0 Å². The first-order valence-corrected chi connectivity index (χ1v) is 8.20. The van der Waals surface area contributed by atoms with Crippen LogP contribution < -0.4 is 10.2 Å². The molecule has 0 saturated carbocycles. The molecule has 1 fully saturated rings. The highest BCUT2D eigenvalue weighted by molar-refractivity contribution is 5.57. The molecule has 1 unspecified atom stereocenters. The van der Waals surface area contributed by atoms with Crippen molar-refractivity contribution in [3.63, 3.8) is 0 Å². The largest absolute Gasteiger partial charge is 0.340 e. The van der Waals surface area contributed by atoms with Gasteiger partial charge in [-0.05, 0) is 44.7 Å². The zero-order valence-corrected chi connectivity index (χ0v) is 13.4. The molecule has 1 aliphatic rings. The summed E-state index contributed by atoms with van der Waals surface area (Å²) in [5.74, 6) is 1.74. The molecule has 1 atom stereocenters. The maximum Gasteiger partial charge on any atom is 0.227 e. The summed E-state index contributed by atoms with van der Waals surface area (Å²) in [7, 11) is 0. The molecule has 116 valence electrons. The Morgan fingerprint density at radius 3 is 2.77 bits per heavy atom. The van der Waals surface area contributed by atoms with Gasteiger partial charge in [0.05, 0.1) is 0 Å². The number of nitrogens with one attached hydrogen (secondary N) is 1. The molecule has 3 rings (SSSR count). The first kappa shape index (κ1) is 14.8. The lowest BCUT2D eigenvalue weighted by molar-refractivity contribution is 0.443. The number of para-hydroxylation sites is 1. The molecule has 1 aliphatic heterocycles. The van der Waals surface area contributed by atoms with E-state index in [1.165, 1.54) is 19.3 Å². The van der Waals surface area contributed by atoms with Gasteiger partial charge in [-0.3, -0.25) is 0 Å². The van der Waals surface area contributed by atoms with Gasteiger partial charge >= 0.3 is 0 Å². The van der Waals surface area contributed by atoms with Crippen LogP contribution in [0.2, 0.25) is 0 Å². The maximum absolute atomic E-state index is 4.75. The van der Waals surface area contributed by atoms with Crippen molar-refractivity contribution in [1.29, 1.82) is 0 Å². The van der Waals surface area contributed by atoms with Gasteiger partial charge in [-0.1, -0.05) is 25.1 Å². The molecule has 0 amide bonds. The lowest BCUT2D eigenvalue weighted by Crippen LogP contribution is -2.40. The molecule has 0 aliphatic carbocycles. The highest BCUT2D eigenvalue weighted by Gasteiger charge is 2.23. The van der Waals surface area contributed by atoms with E-state index in [4.69, 9.17) is 4.98 Å². The van der Waals surface area contributed by atoms with Crippen LogP contribution in [0.1, 0.15) is 38.3 Å². The Labute approximate surface area is 132 Å². The van der Waals surface area contributed by atoms with E-state index in [1.807, 2.05) is 43.3 Å². The molecule has 4 heteroatoms. The van der Waals surface area contributed by atoms with Crippen molar-refractivity contribution in [3.8, 4) is 0 Å². The number of anilines is 3. The zero-order valence-electron chi connectivity index (χ0n) is 13.4. The fourth-order valence-electron chi connectivity index (χ4n) is 3.10. The predicted molar refractivity (Wildman–Crippen MR) is 91.8 cm³/mol. The van der Waals surface area contributed by atoms with Crippen molar-refractivity contribution < 1.29 is 0 Å². The van der Waals surface area contributed by atoms with E-state index in [0.29, 0.717) is 6.04 Å². The van der Waals surface area contributed by atoms with Crippen LogP contribution >= 0.6 is 0 Å². The third-order valence-electron chi connectivity index (χ3n) is 4.24. The van der Waals surface area contributed by atoms with E-state index in [1.54, 1.807) is 0 Å². The van der Waals surface area contributed by atoms with Gasteiger partial charge in [-0.2, -0.15) is 4.98 Å². The Bertz CT molecular complexity index is 612. The van der Waals surface area contributed by atoms with Gasteiger partial charge in [0.1, 0.15) is 5.82 Å². The lowest BCUT2D eigenvalue weighted by Gasteiger charge is -2.35. The van der Waals surface area contributed by atoms with Crippen LogP contribution in [0, 0.1) is 6.92 Å². The minimum Gasteiger partial charge on any atom is -0.340 e. The number of piperidine rings is 1. The highest BCUT2D eigenvalue weighted by Crippen LogP contribution is 2.25. The number of aromatic nitrogens is 2. The van der Waals surface area contributed by atoms with E-state index in [0.717, 1.165) is 36.1 Å². The highest BCUT2D eigenvalue weighted by atomic mass is 15.3. The average Bonchev–Trinajstić information content (AvgIpc) is 2.55. The summed E-state index contributed by atoms with van der Waals surface area (Å²) < 4.78 is 0. The van der Waals surface area contributed by atoms with Crippen LogP contribution in [-0.2, 0) is 0 Å². The zero-order chi connectivity index (χ0) is 15.4. The second-order valence-corrected chi connectivity index (χ2v) is 5.94. The van der Waals surface area contributed by atoms with E-state index < -0.39 is 0 Å². The van der Waals surface area contributed by atoms with Crippen molar-refractivity contribution in [3.05, 3.63) is 42.1 Å². The Kier molecular flexibility index (Phi) is 4.56. The minimum absolute atomic E-state index is 0.570. The molecule has 1 N–H and O–H groups in total. The van der Waals surface area contributed by atoms with Crippen LogP contribution in [0.4, 0.5) is 17.5 Å². The number of aryl methyl sites for hydroxylation is 1. The topological polar surface area (TPSA) is 41.1 Å². The molecule has 1 aromatic heterocycles. The molecule has 22 heavy (non-hydrogen) atoms. The van der Waals surface area contributed by atoms with Crippen molar-refractivity contribution >= 4 is 17.5 Å². The molecule has 0 bridgehead atoms. The van der Waals surface area contributed by atoms with Gasteiger partial charge < -0.3 is 10.2 Å². The molecular formula is C18H24N4. The van der Waals surface area contributed by atoms with Crippen LogP contribution in [0.15, 0.2) is 36.4 Å². The number of hydrogen-bond acceptors (Lipinski definition) is 4. The van der Waals surface area contributed by atoms with Crippen LogP contribution in [0.3, 0.4) is 0 Å². The average molecular weight is 296 g/mol. The molecule has 0 radical (unpaired) electrons. The predicted octanol–water partition coefficient (Wildman–Crippen LogP) is 4.30. The summed E-state index contributed by atoms with van der Waals surface area (Å²) in [4.78, 5) is 11.8. The number of rotatable bonds is 4. The van der Waals surface area contributed by atoms with Crippen molar-refractivity contribution in [2.45, 2.75) is 45.6 Å². The maximum atomic E-state index is 4.75. The molecular weight excluding hydrogens is 272 g/mol. The minimum atomic E-state index is 0.570. The first-order valence-electron chi connectivity index (χ1n) is 8.20. The molecule has 4 nitrogen and oxygen atoms in total. The quantitative estimate of drug-likeness (QED) is 0.913. The molecule has 0 spiro atoms. The van der Waals surface area contributed by atoms with Gasteiger partial charge in [0.15, 0.2) is 0 Å². The third-order valence-corrected chi connectivity index (χ3v) is 4.24. The van der Waals surface area contributed by atoms with Gasteiger partial charge in [-0.25, -0.2) is 4.98 Å².